The Morgan fingerprint density at radius 3 is 2.59 bits per heavy atom. The highest BCUT2D eigenvalue weighted by Crippen LogP contribution is 2.14. The number of halogens is 1. The zero-order valence-electron chi connectivity index (χ0n) is 16.8. The summed E-state index contributed by atoms with van der Waals surface area (Å²) >= 11 is 0. The van der Waals surface area contributed by atoms with Gasteiger partial charge in [-0.1, -0.05) is 6.07 Å². The number of amides is 1. The molecule has 1 aromatic rings. The Bertz CT molecular complexity index is 599. The zero-order chi connectivity index (χ0) is 19.0. The van der Waals surface area contributed by atoms with E-state index in [-0.39, 0.29) is 29.9 Å². The fourth-order valence-corrected chi connectivity index (χ4v) is 3.07. The number of likely N-dealkylation sites (tertiary alicyclic amines) is 1. The molecule has 2 rings (SSSR count). The molecule has 0 aromatic carbocycles. The van der Waals surface area contributed by atoms with Gasteiger partial charge in [0.2, 0.25) is 5.91 Å². The predicted octanol–water partition coefficient (Wildman–Crippen LogP) is 1.60. The number of rotatable bonds is 6. The lowest BCUT2D eigenvalue weighted by Crippen LogP contribution is -2.51. The van der Waals surface area contributed by atoms with Crippen LogP contribution in [0.1, 0.15) is 32.4 Å². The van der Waals surface area contributed by atoms with Gasteiger partial charge in [0.25, 0.3) is 0 Å². The van der Waals surface area contributed by atoms with Crippen LogP contribution in [0.3, 0.4) is 0 Å². The average molecular weight is 488 g/mol. The third-order valence-electron chi connectivity index (χ3n) is 4.80. The first-order valence-electron chi connectivity index (χ1n) is 9.26. The molecule has 7 nitrogen and oxygen atoms in total. The van der Waals surface area contributed by atoms with Gasteiger partial charge in [0, 0.05) is 52.5 Å². The number of hydrogen-bond acceptors (Lipinski definition) is 4. The first-order chi connectivity index (χ1) is 12.4. The van der Waals surface area contributed by atoms with Crippen LogP contribution in [-0.4, -0.2) is 61.5 Å². The summed E-state index contributed by atoms with van der Waals surface area (Å²) in [4.78, 5) is 23.0. The van der Waals surface area contributed by atoms with Crippen molar-refractivity contribution in [3.63, 3.8) is 0 Å². The number of nitrogens with one attached hydrogen (secondary N) is 3. The van der Waals surface area contributed by atoms with E-state index >= 15 is 0 Å². The maximum Gasteiger partial charge on any atom is 0.227 e. The topological polar surface area (TPSA) is 81.6 Å². The molecule has 0 unspecified atom stereocenters. The summed E-state index contributed by atoms with van der Waals surface area (Å²) in [6, 6.07) is 6.45. The summed E-state index contributed by atoms with van der Waals surface area (Å²) in [7, 11) is 3.42. The number of piperidine rings is 1. The molecule has 27 heavy (non-hydrogen) atoms. The summed E-state index contributed by atoms with van der Waals surface area (Å²) < 4.78 is 0. The van der Waals surface area contributed by atoms with E-state index < -0.39 is 5.41 Å². The van der Waals surface area contributed by atoms with Crippen LogP contribution in [-0.2, 0) is 11.3 Å². The third kappa shape index (κ3) is 7.61. The third-order valence-corrected chi connectivity index (χ3v) is 4.80. The van der Waals surface area contributed by atoms with Gasteiger partial charge in [-0.2, -0.15) is 0 Å². The van der Waals surface area contributed by atoms with E-state index in [1.807, 2.05) is 32.2 Å². The molecule has 1 aromatic heterocycles. The van der Waals surface area contributed by atoms with Crippen molar-refractivity contribution < 1.29 is 4.79 Å². The van der Waals surface area contributed by atoms with E-state index in [1.54, 1.807) is 14.1 Å². The van der Waals surface area contributed by atoms with Crippen LogP contribution in [0.5, 0.6) is 0 Å². The Kier molecular flexibility index (Phi) is 10.00. The predicted molar refractivity (Wildman–Crippen MR) is 120 cm³/mol. The summed E-state index contributed by atoms with van der Waals surface area (Å²) in [6.07, 6.45) is 3.97. The van der Waals surface area contributed by atoms with Gasteiger partial charge in [-0.05, 0) is 38.8 Å². The largest absolute Gasteiger partial charge is 0.359 e. The first-order valence-corrected chi connectivity index (χ1v) is 9.26. The Morgan fingerprint density at radius 2 is 2.04 bits per heavy atom. The van der Waals surface area contributed by atoms with E-state index in [9.17, 15) is 4.79 Å². The molecule has 0 atom stereocenters. The number of guanidine groups is 1. The van der Waals surface area contributed by atoms with E-state index in [1.165, 1.54) is 0 Å². The van der Waals surface area contributed by atoms with Gasteiger partial charge < -0.3 is 16.0 Å². The maximum atomic E-state index is 11.9. The molecule has 152 valence electrons. The molecule has 1 aliphatic rings. The van der Waals surface area contributed by atoms with Crippen LogP contribution in [0.2, 0.25) is 0 Å². The van der Waals surface area contributed by atoms with Gasteiger partial charge >= 0.3 is 0 Å². The lowest BCUT2D eigenvalue weighted by atomic mass is 9.92. The molecule has 1 saturated heterocycles. The lowest BCUT2D eigenvalue weighted by Gasteiger charge is -2.33. The number of pyridine rings is 1. The average Bonchev–Trinajstić information content (AvgIpc) is 2.66. The molecular weight excluding hydrogens is 455 g/mol. The Balaban J connectivity index is 0.00000364. The summed E-state index contributed by atoms with van der Waals surface area (Å²) in [5.74, 6) is 0.772. The molecule has 0 aliphatic carbocycles. The van der Waals surface area contributed by atoms with E-state index in [4.69, 9.17) is 0 Å². The quantitative estimate of drug-likeness (QED) is 0.322. The van der Waals surface area contributed by atoms with E-state index in [0.29, 0.717) is 12.6 Å². The van der Waals surface area contributed by atoms with Crippen molar-refractivity contribution in [2.45, 2.75) is 39.3 Å². The standard InChI is InChI=1S/C19H32N6O.HI/c1-19(2,17(26)20-3)14-23-18(21-4)24-15-8-11-25(12-9-15)13-16-7-5-6-10-22-16;/h5-7,10,15H,8-9,11-14H2,1-4H3,(H,20,26)(H2,21,23,24);1H. The second-order valence-corrected chi connectivity index (χ2v) is 7.40. The van der Waals surface area contributed by atoms with Crippen LogP contribution in [0.15, 0.2) is 29.4 Å². The van der Waals surface area contributed by atoms with Gasteiger partial charge in [0.15, 0.2) is 5.96 Å². The molecule has 2 heterocycles. The maximum absolute atomic E-state index is 11.9. The van der Waals surface area contributed by atoms with Gasteiger partial charge in [-0.25, -0.2) is 0 Å². The first kappa shape index (κ1) is 23.6. The number of carbonyl (C=O) groups is 1. The minimum absolute atomic E-state index is 0. The molecule has 0 saturated carbocycles. The monoisotopic (exact) mass is 488 g/mol. The highest BCUT2D eigenvalue weighted by molar-refractivity contribution is 14.0. The number of carbonyl (C=O) groups excluding carboxylic acids is 1. The van der Waals surface area contributed by atoms with Crippen LogP contribution >= 0.6 is 24.0 Å². The van der Waals surface area contributed by atoms with Crippen molar-refractivity contribution in [3.8, 4) is 0 Å². The fraction of sp³-hybridized carbons (Fsp3) is 0.632. The van der Waals surface area contributed by atoms with Crippen molar-refractivity contribution in [1.29, 1.82) is 0 Å². The van der Waals surface area contributed by atoms with Crippen molar-refractivity contribution in [2.75, 3.05) is 33.7 Å². The van der Waals surface area contributed by atoms with Crippen LogP contribution in [0.25, 0.3) is 0 Å². The van der Waals surface area contributed by atoms with Gasteiger partial charge in [-0.15, -0.1) is 24.0 Å². The number of aromatic nitrogens is 1. The van der Waals surface area contributed by atoms with Crippen molar-refractivity contribution in [2.24, 2.45) is 10.4 Å². The molecule has 0 radical (unpaired) electrons. The molecule has 8 heteroatoms. The van der Waals surface area contributed by atoms with Crippen LogP contribution in [0, 0.1) is 5.41 Å². The second kappa shape index (κ2) is 11.4. The molecule has 1 amide bonds. The highest BCUT2D eigenvalue weighted by Gasteiger charge is 2.27. The molecule has 0 spiro atoms. The minimum atomic E-state index is -0.488. The van der Waals surface area contributed by atoms with Crippen LogP contribution in [0.4, 0.5) is 0 Å². The van der Waals surface area contributed by atoms with Gasteiger partial charge in [-0.3, -0.25) is 19.7 Å². The lowest BCUT2D eigenvalue weighted by molar-refractivity contribution is -0.128. The Morgan fingerprint density at radius 1 is 1.33 bits per heavy atom. The second-order valence-electron chi connectivity index (χ2n) is 7.40. The fourth-order valence-electron chi connectivity index (χ4n) is 3.07. The minimum Gasteiger partial charge on any atom is -0.359 e. The summed E-state index contributed by atoms with van der Waals surface area (Å²) in [5.41, 5.74) is 0.631. The Labute approximate surface area is 179 Å². The van der Waals surface area contributed by atoms with E-state index in [0.717, 1.165) is 44.1 Å². The number of hydrogen-bond donors (Lipinski definition) is 3. The smallest absolute Gasteiger partial charge is 0.227 e. The SMILES string of the molecule is CN=C(NCC(C)(C)C(=O)NC)NC1CCN(Cc2ccccn2)CC1.I. The van der Waals surface area contributed by atoms with Crippen molar-refractivity contribution in [1.82, 2.24) is 25.8 Å². The zero-order valence-corrected chi connectivity index (χ0v) is 19.1. The highest BCUT2D eigenvalue weighted by atomic mass is 127. The van der Waals surface area contributed by atoms with Crippen LogP contribution < -0.4 is 16.0 Å². The molecule has 1 fully saturated rings. The van der Waals surface area contributed by atoms with Gasteiger partial charge in [0.1, 0.15) is 0 Å². The van der Waals surface area contributed by atoms with Gasteiger partial charge in [0.05, 0.1) is 11.1 Å². The van der Waals surface area contributed by atoms with Crippen molar-refractivity contribution >= 4 is 35.8 Å². The molecule has 0 bridgehead atoms. The van der Waals surface area contributed by atoms with E-state index in [2.05, 4.69) is 36.9 Å². The molecule has 3 N–H and O–H groups in total. The number of nitrogens with zero attached hydrogens (tertiary/aromatic N) is 3. The normalized spacial score (nSPS) is 16.4. The van der Waals surface area contributed by atoms with Crippen molar-refractivity contribution in [3.05, 3.63) is 30.1 Å². The molecule has 1 aliphatic heterocycles. The Hall–Kier alpha value is -1.42. The number of aliphatic imine (C=N–C) groups is 1. The summed E-state index contributed by atoms with van der Waals surface area (Å²) in [5, 5.41) is 9.47. The summed E-state index contributed by atoms with van der Waals surface area (Å²) in [6.45, 7) is 7.35. The molecular formula is C19H33IN6O.